The van der Waals surface area contributed by atoms with Crippen molar-refractivity contribution in [3.05, 3.63) is 29.3 Å². The lowest BCUT2D eigenvalue weighted by Crippen LogP contribution is -2.39. The number of nitrogens with one attached hydrogen (secondary N) is 1. The van der Waals surface area contributed by atoms with E-state index in [0.717, 1.165) is 25.0 Å². The molecule has 1 aliphatic heterocycles. The Morgan fingerprint density at radius 3 is 3.00 bits per heavy atom. The summed E-state index contributed by atoms with van der Waals surface area (Å²) in [4.78, 5) is 25.1. The second kappa shape index (κ2) is 6.16. The Labute approximate surface area is 124 Å². The molecule has 5 heteroatoms. The van der Waals surface area contributed by atoms with Crippen molar-refractivity contribution < 1.29 is 14.3 Å². The van der Waals surface area contributed by atoms with E-state index in [1.807, 2.05) is 12.1 Å². The van der Waals surface area contributed by atoms with E-state index in [4.69, 9.17) is 4.74 Å². The van der Waals surface area contributed by atoms with Gasteiger partial charge in [-0.05, 0) is 48.9 Å². The van der Waals surface area contributed by atoms with Crippen LogP contribution in [0.2, 0.25) is 0 Å². The molecule has 1 aromatic rings. The van der Waals surface area contributed by atoms with Crippen LogP contribution < -0.4 is 10.1 Å². The van der Waals surface area contributed by atoms with E-state index in [9.17, 15) is 9.59 Å². The van der Waals surface area contributed by atoms with Crippen LogP contribution in [0.4, 0.5) is 0 Å². The summed E-state index contributed by atoms with van der Waals surface area (Å²) in [7, 11) is 0. The summed E-state index contributed by atoms with van der Waals surface area (Å²) in [6.45, 7) is 1.36. The molecule has 112 valence electrons. The summed E-state index contributed by atoms with van der Waals surface area (Å²) >= 11 is 0. The highest BCUT2D eigenvalue weighted by molar-refractivity contribution is 5.85. The molecule has 1 saturated heterocycles. The first-order valence-corrected chi connectivity index (χ1v) is 7.51. The van der Waals surface area contributed by atoms with Crippen molar-refractivity contribution >= 4 is 11.8 Å². The van der Waals surface area contributed by atoms with Gasteiger partial charge in [0.25, 0.3) is 5.91 Å². The molecule has 1 heterocycles. The number of hydrogen-bond donors (Lipinski definition) is 1. The van der Waals surface area contributed by atoms with Crippen molar-refractivity contribution in [2.24, 2.45) is 0 Å². The molecule has 1 aliphatic carbocycles. The number of carbonyl (C=O) groups is 2. The average Bonchev–Trinajstić information content (AvgIpc) is 2.84. The molecular weight excluding hydrogens is 268 g/mol. The molecule has 0 aromatic heterocycles. The first kappa shape index (κ1) is 13.9. The maximum absolute atomic E-state index is 12.1. The molecule has 0 radical (unpaired) electrons. The maximum Gasteiger partial charge on any atom is 0.260 e. The summed E-state index contributed by atoms with van der Waals surface area (Å²) in [5.74, 6) is 0.509. The number of rotatable bonds is 3. The van der Waals surface area contributed by atoms with Gasteiger partial charge in [0.05, 0.1) is 6.54 Å². The van der Waals surface area contributed by atoms with Crippen molar-refractivity contribution in [3.63, 3.8) is 0 Å². The Morgan fingerprint density at radius 1 is 1.24 bits per heavy atom. The molecule has 1 N–H and O–H groups in total. The topological polar surface area (TPSA) is 58.6 Å². The molecular formula is C16H20N2O3. The fraction of sp³-hybridized carbons (Fsp3) is 0.500. The highest BCUT2D eigenvalue weighted by atomic mass is 16.5. The van der Waals surface area contributed by atoms with Crippen LogP contribution >= 0.6 is 0 Å². The van der Waals surface area contributed by atoms with E-state index in [-0.39, 0.29) is 25.0 Å². The van der Waals surface area contributed by atoms with Crippen molar-refractivity contribution in [2.75, 3.05) is 26.2 Å². The Kier molecular flexibility index (Phi) is 4.08. The van der Waals surface area contributed by atoms with Crippen LogP contribution in [0, 0.1) is 0 Å². The van der Waals surface area contributed by atoms with Gasteiger partial charge in [0.15, 0.2) is 6.61 Å². The van der Waals surface area contributed by atoms with E-state index in [0.29, 0.717) is 13.1 Å². The minimum atomic E-state index is -0.132. The minimum absolute atomic E-state index is 0.00787. The third-order valence-corrected chi connectivity index (χ3v) is 4.05. The predicted octanol–water partition coefficient (Wildman–Crippen LogP) is 0.903. The van der Waals surface area contributed by atoms with Gasteiger partial charge in [0.2, 0.25) is 5.91 Å². The lowest BCUT2D eigenvalue weighted by Gasteiger charge is -2.19. The number of benzene rings is 1. The van der Waals surface area contributed by atoms with Gasteiger partial charge in [0.1, 0.15) is 5.75 Å². The monoisotopic (exact) mass is 288 g/mol. The van der Waals surface area contributed by atoms with Gasteiger partial charge in [-0.25, -0.2) is 0 Å². The minimum Gasteiger partial charge on any atom is -0.484 e. The summed E-state index contributed by atoms with van der Waals surface area (Å²) in [5, 5.41) is 2.76. The Balaban J connectivity index is 1.56. The molecule has 21 heavy (non-hydrogen) atoms. The van der Waals surface area contributed by atoms with Crippen LogP contribution in [0.3, 0.4) is 0 Å². The maximum atomic E-state index is 12.1. The lowest BCUT2D eigenvalue weighted by molar-refractivity contribution is -0.136. The fourth-order valence-corrected chi connectivity index (χ4v) is 2.89. The third kappa shape index (κ3) is 3.35. The summed E-state index contributed by atoms with van der Waals surface area (Å²) in [5.41, 5.74) is 2.71. The Bertz CT molecular complexity index is 556. The molecule has 1 fully saturated rings. The van der Waals surface area contributed by atoms with Crippen molar-refractivity contribution in [3.8, 4) is 5.75 Å². The van der Waals surface area contributed by atoms with Gasteiger partial charge in [-0.3, -0.25) is 9.59 Å². The van der Waals surface area contributed by atoms with E-state index >= 15 is 0 Å². The van der Waals surface area contributed by atoms with Crippen molar-refractivity contribution in [1.29, 1.82) is 0 Å². The summed E-state index contributed by atoms with van der Waals surface area (Å²) < 4.78 is 5.60. The first-order valence-electron chi connectivity index (χ1n) is 7.51. The van der Waals surface area contributed by atoms with Crippen LogP contribution in [-0.2, 0) is 22.4 Å². The molecule has 1 aromatic carbocycles. The zero-order chi connectivity index (χ0) is 14.7. The molecule has 0 unspecified atom stereocenters. The Morgan fingerprint density at radius 2 is 2.10 bits per heavy atom. The van der Waals surface area contributed by atoms with E-state index in [1.54, 1.807) is 4.90 Å². The molecule has 2 aliphatic rings. The highest BCUT2D eigenvalue weighted by Gasteiger charge is 2.20. The van der Waals surface area contributed by atoms with Crippen LogP contribution in [0.5, 0.6) is 5.75 Å². The average molecular weight is 288 g/mol. The predicted molar refractivity (Wildman–Crippen MR) is 78.2 cm³/mol. The highest BCUT2D eigenvalue weighted by Crippen LogP contribution is 2.25. The van der Waals surface area contributed by atoms with Gasteiger partial charge in [0, 0.05) is 13.1 Å². The van der Waals surface area contributed by atoms with E-state index in [2.05, 4.69) is 11.4 Å². The number of fused-ring (bicyclic) bond motifs is 1. The van der Waals surface area contributed by atoms with Gasteiger partial charge in [-0.15, -0.1) is 0 Å². The van der Waals surface area contributed by atoms with Gasteiger partial charge >= 0.3 is 0 Å². The molecule has 2 amide bonds. The zero-order valence-corrected chi connectivity index (χ0v) is 12.1. The number of ether oxygens (including phenoxy) is 1. The lowest BCUT2D eigenvalue weighted by atomic mass is 10.1. The molecule has 0 atom stereocenters. The normalized spacial score (nSPS) is 17.9. The first-order chi connectivity index (χ1) is 10.2. The number of carbonyl (C=O) groups excluding carboxylic acids is 2. The fourth-order valence-electron chi connectivity index (χ4n) is 2.89. The molecule has 0 saturated carbocycles. The molecule has 5 nitrogen and oxygen atoms in total. The largest absolute Gasteiger partial charge is 0.484 e. The number of nitrogens with zero attached hydrogens (tertiary/aromatic N) is 1. The van der Waals surface area contributed by atoms with Crippen LogP contribution in [0.1, 0.15) is 24.0 Å². The van der Waals surface area contributed by atoms with Gasteiger partial charge < -0.3 is 15.0 Å². The molecule has 3 rings (SSSR count). The molecule has 0 bridgehead atoms. The smallest absolute Gasteiger partial charge is 0.260 e. The number of aryl methyl sites for hydroxylation is 2. The SMILES string of the molecule is O=C1CN(C(=O)COc2ccc3c(c2)CCC3)CCCN1. The van der Waals surface area contributed by atoms with Crippen molar-refractivity contribution in [1.82, 2.24) is 10.2 Å². The van der Waals surface area contributed by atoms with Gasteiger partial charge in [-0.1, -0.05) is 6.07 Å². The van der Waals surface area contributed by atoms with Crippen LogP contribution in [0.25, 0.3) is 0 Å². The second-order valence-electron chi connectivity index (χ2n) is 5.59. The number of amides is 2. The van der Waals surface area contributed by atoms with E-state index < -0.39 is 0 Å². The standard InChI is InChI=1S/C16H20N2O3/c19-15-10-18(8-2-7-17-15)16(20)11-21-14-6-5-12-3-1-4-13(12)9-14/h5-6,9H,1-4,7-8,10-11H2,(H,17,19). The van der Waals surface area contributed by atoms with E-state index in [1.165, 1.54) is 17.5 Å². The third-order valence-electron chi connectivity index (χ3n) is 4.05. The second-order valence-corrected chi connectivity index (χ2v) is 5.59. The van der Waals surface area contributed by atoms with Crippen LogP contribution in [0.15, 0.2) is 18.2 Å². The summed E-state index contributed by atoms with van der Waals surface area (Å²) in [6, 6.07) is 6.04. The quantitative estimate of drug-likeness (QED) is 0.899. The molecule has 0 spiro atoms. The van der Waals surface area contributed by atoms with Crippen LogP contribution in [-0.4, -0.2) is 43.0 Å². The number of hydrogen-bond acceptors (Lipinski definition) is 3. The zero-order valence-electron chi connectivity index (χ0n) is 12.1. The summed E-state index contributed by atoms with van der Waals surface area (Å²) in [6.07, 6.45) is 4.21. The van der Waals surface area contributed by atoms with Gasteiger partial charge in [-0.2, -0.15) is 0 Å². The van der Waals surface area contributed by atoms with Crippen molar-refractivity contribution in [2.45, 2.75) is 25.7 Å². The Hall–Kier alpha value is -2.04.